The number of hydrogen-bond acceptors (Lipinski definition) is 2. The predicted molar refractivity (Wildman–Crippen MR) is 130 cm³/mol. The molecule has 4 nitrogen and oxygen atoms in total. The van der Waals surface area contributed by atoms with Gasteiger partial charge in [-0.2, -0.15) is 13.2 Å². The Balaban J connectivity index is 1.75. The summed E-state index contributed by atoms with van der Waals surface area (Å²) in [6.45, 7) is 0. The number of anilines is 1. The summed E-state index contributed by atoms with van der Waals surface area (Å²) in [4.78, 5) is 17.8. The van der Waals surface area contributed by atoms with Crippen LogP contribution in [-0.4, -0.2) is 11.0 Å². The maximum atomic E-state index is 13.3. The molecule has 1 aromatic heterocycles. The lowest BCUT2D eigenvalue weighted by molar-refractivity contribution is -0.137. The van der Waals surface area contributed by atoms with Crippen molar-refractivity contribution in [3.8, 4) is 0 Å². The van der Waals surface area contributed by atoms with Crippen LogP contribution in [0.3, 0.4) is 0 Å². The Morgan fingerprint density at radius 2 is 1.51 bits per heavy atom. The third kappa shape index (κ3) is 5.63. The standard InChI is InChI=1S/C27H21ClF3N3O/c28-23-15-14-21(17-22(23)27(29,30)31)33-25(35)34-26(20-11-5-2-6-12-20,24-13-7-8-16-32-24)18-19-9-3-1-4-10-19/h1-17H,18H2,(H2,33,34,35). The van der Waals surface area contributed by atoms with Crippen LogP contribution in [0.2, 0.25) is 5.02 Å². The van der Waals surface area contributed by atoms with Crippen LogP contribution in [0.25, 0.3) is 0 Å². The van der Waals surface area contributed by atoms with E-state index in [0.29, 0.717) is 12.1 Å². The molecule has 0 saturated carbocycles. The first-order chi connectivity index (χ1) is 16.8. The molecule has 0 bridgehead atoms. The number of aromatic nitrogens is 1. The normalized spacial score (nSPS) is 13.0. The summed E-state index contributed by atoms with van der Waals surface area (Å²) in [5.41, 5.74) is 0.116. The van der Waals surface area contributed by atoms with E-state index in [2.05, 4.69) is 15.6 Å². The summed E-state index contributed by atoms with van der Waals surface area (Å²) in [5, 5.41) is 5.09. The average Bonchev–Trinajstić information content (AvgIpc) is 2.86. The molecule has 35 heavy (non-hydrogen) atoms. The number of pyridine rings is 1. The quantitative estimate of drug-likeness (QED) is 0.301. The summed E-state index contributed by atoms with van der Waals surface area (Å²) < 4.78 is 39.9. The van der Waals surface area contributed by atoms with Crippen molar-refractivity contribution in [3.63, 3.8) is 0 Å². The molecule has 0 aliphatic rings. The molecule has 2 amide bonds. The number of hydrogen-bond donors (Lipinski definition) is 2. The van der Waals surface area contributed by atoms with Gasteiger partial charge in [0.25, 0.3) is 0 Å². The van der Waals surface area contributed by atoms with Crippen molar-refractivity contribution in [1.29, 1.82) is 0 Å². The zero-order valence-electron chi connectivity index (χ0n) is 18.4. The van der Waals surface area contributed by atoms with Crippen molar-refractivity contribution < 1.29 is 18.0 Å². The van der Waals surface area contributed by atoms with Gasteiger partial charge in [-0.25, -0.2) is 4.79 Å². The van der Waals surface area contributed by atoms with Gasteiger partial charge in [0, 0.05) is 18.3 Å². The third-order valence-electron chi connectivity index (χ3n) is 5.54. The fourth-order valence-electron chi connectivity index (χ4n) is 3.94. The first kappa shape index (κ1) is 24.3. The third-order valence-corrected chi connectivity index (χ3v) is 5.87. The molecule has 178 valence electrons. The van der Waals surface area contributed by atoms with Crippen LogP contribution in [0.1, 0.15) is 22.4 Å². The number of urea groups is 1. The van der Waals surface area contributed by atoms with E-state index in [1.807, 2.05) is 66.7 Å². The van der Waals surface area contributed by atoms with Crippen LogP contribution in [-0.2, 0) is 18.1 Å². The number of carbonyl (C=O) groups is 1. The van der Waals surface area contributed by atoms with Crippen LogP contribution in [0.15, 0.2) is 103 Å². The van der Waals surface area contributed by atoms with Gasteiger partial charge in [-0.15, -0.1) is 0 Å². The Bertz CT molecular complexity index is 1240. The second-order valence-corrected chi connectivity index (χ2v) is 8.33. The van der Waals surface area contributed by atoms with Crippen molar-refractivity contribution in [2.75, 3.05) is 5.32 Å². The summed E-state index contributed by atoms with van der Waals surface area (Å²) in [7, 11) is 0. The highest BCUT2D eigenvalue weighted by atomic mass is 35.5. The molecular formula is C27H21ClF3N3O. The SMILES string of the molecule is O=C(Nc1ccc(Cl)c(C(F)(F)F)c1)NC(Cc1ccccc1)(c1ccccc1)c1ccccn1. The lowest BCUT2D eigenvalue weighted by Gasteiger charge is -2.35. The Kier molecular flexibility index (Phi) is 7.07. The lowest BCUT2D eigenvalue weighted by Crippen LogP contribution is -2.50. The number of halogens is 4. The Labute approximate surface area is 205 Å². The van der Waals surface area contributed by atoms with Gasteiger partial charge in [0.2, 0.25) is 0 Å². The lowest BCUT2D eigenvalue weighted by atomic mass is 9.80. The molecule has 2 N–H and O–H groups in total. The molecule has 1 atom stereocenters. The summed E-state index contributed by atoms with van der Waals surface area (Å²) >= 11 is 5.72. The highest BCUT2D eigenvalue weighted by Crippen LogP contribution is 2.37. The van der Waals surface area contributed by atoms with Crippen molar-refractivity contribution in [3.05, 3.63) is 131 Å². The van der Waals surface area contributed by atoms with Gasteiger partial charge in [0.1, 0.15) is 5.54 Å². The van der Waals surface area contributed by atoms with Crippen molar-refractivity contribution in [2.24, 2.45) is 0 Å². The molecule has 0 spiro atoms. The molecule has 3 aromatic carbocycles. The van der Waals surface area contributed by atoms with E-state index in [1.165, 1.54) is 6.07 Å². The number of nitrogens with one attached hydrogen (secondary N) is 2. The van der Waals surface area contributed by atoms with Gasteiger partial charge in [0.05, 0.1) is 16.3 Å². The Morgan fingerprint density at radius 3 is 2.14 bits per heavy atom. The fourth-order valence-corrected chi connectivity index (χ4v) is 4.16. The van der Waals surface area contributed by atoms with E-state index in [1.54, 1.807) is 18.3 Å². The van der Waals surface area contributed by atoms with E-state index in [9.17, 15) is 18.0 Å². The molecule has 0 saturated heterocycles. The minimum atomic E-state index is -4.65. The number of carbonyl (C=O) groups excluding carboxylic acids is 1. The molecule has 0 radical (unpaired) electrons. The first-order valence-electron chi connectivity index (χ1n) is 10.7. The van der Waals surface area contributed by atoms with Crippen LogP contribution in [0.5, 0.6) is 0 Å². The van der Waals surface area contributed by atoms with E-state index in [4.69, 9.17) is 11.6 Å². The highest BCUT2D eigenvalue weighted by molar-refractivity contribution is 6.31. The maximum Gasteiger partial charge on any atom is 0.417 e. The molecule has 0 aliphatic carbocycles. The number of amides is 2. The largest absolute Gasteiger partial charge is 0.417 e. The number of rotatable bonds is 6. The molecule has 4 aromatic rings. The van der Waals surface area contributed by atoms with Crippen molar-refractivity contribution >= 4 is 23.3 Å². The van der Waals surface area contributed by atoms with Crippen LogP contribution in [0.4, 0.5) is 23.7 Å². The fraction of sp³-hybridized carbons (Fsp3) is 0.111. The average molecular weight is 496 g/mol. The molecular weight excluding hydrogens is 475 g/mol. The summed E-state index contributed by atoms with van der Waals surface area (Å²) in [6.07, 6.45) is -2.66. The zero-order valence-corrected chi connectivity index (χ0v) is 19.1. The molecule has 4 rings (SSSR count). The van der Waals surface area contributed by atoms with Gasteiger partial charge in [-0.1, -0.05) is 78.3 Å². The number of benzene rings is 3. The zero-order chi connectivity index (χ0) is 24.9. The highest BCUT2D eigenvalue weighted by Gasteiger charge is 2.38. The van der Waals surface area contributed by atoms with E-state index in [0.717, 1.165) is 23.3 Å². The monoisotopic (exact) mass is 495 g/mol. The van der Waals surface area contributed by atoms with E-state index in [-0.39, 0.29) is 5.69 Å². The molecule has 0 fully saturated rings. The van der Waals surface area contributed by atoms with Crippen molar-refractivity contribution in [2.45, 2.75) is 18.1 Å². The van der Waals surface area contributed by atoms with Gasteiger partial charge >= 0.3 is 12.2 Å². The van der Waals surface area contributed by atoms with Crippen LogP contribution < -0.4 is 10.6 Å². The van der Waals surface area contributed by atoms with Crippen molar-refractivity contribution in [1.82, 2.24) is 10.3 Å². The van der Waals surface area contributed by atoms with Crippen LogP contribution in [0, 0.1) is 0 Å². The topological polar surface area (TPSA) is 54.0 Å². The molecule has 1 unspecified atom stereocenters. The van der Waals surface area contributed by atoms with Gasteiger partial charge in [0.15, 0.2) is 0 Å². The van der Waals surface area contributed by atoms with Gasteiger partial charge in [-0.05, 0) is 41.5 Å². The smallest absolute Gasteiger partial charge is 0.322 e. The maximum absolute atomic E-state index is 13.3. The number of alkyl halides is 3. The second kappa shape index (κ2) is 10.2. The molecule has 8 heteroatoms. The Morgan fingerprint density at radius 1 is 0.857 bits per heavy atom. The first-order valence-corrected chi connectivity index (χ1v) is 11.1. The summed E-state index contributed by atoms with van der Waals surface area (Å²) in [6, 6.07) is 26.8. The van der Waals surface area contributed by atoms with Crippen LogP contribution >= 0.6 is 11.6 Å². The second-order valence-electron chi connectivity index (χ2n) is 7.92. The van der Waals surface area contributed by atoms with E-state index >= 15 is 0 Å². The predicted octanol–water partition coefficient (Wildman–Crippen LogP) is 7.06. The summed E-state index contributed by atoms with van der Waals surface area (Å²) in [5.74, 6) is 0. The minimum absolute atomic E-state index is 0.0399. The molecule has 0 aliphatic heterocycles. The Hall–Kier alpha value is -3.84. The van der Waals surface area contributed by atoms with E-state index < -0.39 is 28.3 Å². The minimum Gasteiger partial charge on any atom is -0.322 e. The number of nitrogens with zero attached hydrogens (tertiary/aromatic N) is 1. The molecule has 1 heterocycles. The van der Waals surface area contributed by atoms with Gasteiger partial charge in [-0.3, -0.25) is 4.98 Å². The van der Waals surface area contributed by atoms with Gasteiger partial charge < -0.3 is 10.6 Å².